The van der Waals surface area contributed by atoms with Crippen molar-refractivity contribution in [2.45, 2.75) is 11.8 Å². The maximum Gasteiger partial charge on any atom is 0.280 e. The Bertz CT molecular complexity index is 550. The molecule has 0 radical (unpaired) electrons. The normalized spacial score (nSPS) is 10.9. The minimum atomic E-state index is -4.03. The lowest BCUT2D eigenvalue weighted by molar-refractivity contribution is 0.101. The molecule has 0 bridgehead atoms. The van der Waals surface area contributed by atoms with Crippen molar-refractivity contribution in [2.24, 2.45) is 11.6 Å². The SMILES string of the molecule is CC(=O)c1ccc(S(=O)(=O)N(N)C(=N)N)cc1. The van der Waals surface area contributed by atoms with Crippen molar-refractivity contribution < 1.29 is 13.2 Å². The zero-order chi connectivity index (χ0) is 13.2. The smallest absolute Gasteiger partial charge is 0.280 e. The molecule has 0 atom stereocenters. The number of nitrogens with one attached hydrogen (secondary N) is 1. The summed E-state index contributed by atoms with van der Waals surface area (Å²) in [4.78, 5) is 10.9. The van der Waals surface area contributed by atoms with Gasteiger partial charge in [-0.2, -0.15) is 12.8 Å². The topological polar surface area (TPSA) is 130 Å². The fourth-order valence-corrected chi connectivity index (χ4v) is 2.07. The Balaban J connectivity index is 3.17. The van der Waals surface area contributed by atoms with E-state index in [2.05, 4.69) is 0 Å². The number of Topliss-reactive ketones (excluding diaryl/α,β-unsaturated/α-hetero) is 1. The van der Waals surface area contributed by atoms with Gasteiger partial charge in [0, 0.05) is 5.56 Å². The third-order valence-corrected chi connectivity index (χ3v) is 3.64. The highest BCUT2D eigenvalue weighted by Gasteiger charge is 2.22. The van der Waals surface area contributed by atoms with Crippen LogP contribution in [0.15, 0.2) is 29.2 Å². The molecule has 0 aliphatic carbocycles. The van der Waals surface area contributed by atoms with Crippen LogP contribution in [0.2, 0.25) is 0 Å². The zero-order valence-corrected chi connectivity index (χ0v) is 9.86. The Kier molecular flexibility index (Phi) is 3.49. The van der Waals surface area contributed by atoms with Crippen LogP contribution >= 0.6 is 0 Å². The number of guanidine groups is 1. The molecule has 0 unspecified atom stereocenters. The molecule has 7 nitrogen and oxygen atoms in total. The molecule has 0 amide bonds. The highest BCUT2D eigenvalue weighted by molar-refractivity contribution is 7.89. The minimum absolute atomic E-state index is 0.139. The van der Waals surface area contributed by atoms with Gasteiger partial charge in [-0.15, -0.1) is 0 Å². The number of rotatable bonds is 3. The molecule has 5 N–H and O–H groups in total. The summed E-state index contributed by atoms with van der Waals surface area (Å²) in [5, 5.41) is 6.96. The third-order valence-electron chi connectivity index (χ3n) is 2.06. The van der Waals surface area contributed by atoms with Gasteiger partial charge >= 0.3 is 0 Å². The maximum atomic E-state index is 11.7. The lowest BCUT2D eigenvalue weighted by Crippen LogP contribution is -2.46. The molecule has 8 heteroatoms. The molecule has 0 heterocycles. The van der Waals surface area contributed by atoms with Crippen molar-refractivity contribution in [3.05, 3.63) is 29.8 Å². The highest BCUT2D eigenvalue weighted by Crippen LogP contribution is 2.14. The van der Waals surface area contributed by atoms with E-state index in [1.54, 1.807) is 0 Å². The van der Waals surface area contributed by atoms with Crippen LogP contribution in [-0.4, -0.2) is 24.6 Å². The van der Waals surface area contributed by atoms with Crippen molar-refractivity contribution >= 4 is 21.8 Å². The molecule has 0 saturated heterocycles. The lowest BCUT2D eigenvalue weighted by Gasteiger charge is -2.16. The van der Waals surface area contributed by atoms with E-state index in [0.29, 0.717) is 5.56 Å². The van der Waals surface area contributed by atoms with Gasteiger partial charge < -0.3 is 5.73 Å². The van der Waals surface area contributed by atoms with E-state index in [1.165, 1.54) is 31.2 Å². The molecular formula is C9H12N4O3S. The first-order chi connectivity index (χ1) is 7.76. The van der Waals surface area contributed by atoms with Gasteiger partial charge in [0.05, 0.1) is 4.90 Å². The molecule has 17 heavy (non-hydrogen) atoms. The third kappa shape index (κ3) is 2.60. The summed E-state index contributed by atoms with van der Waals surface area (Å²) in [5.41, 5.74) is 5.37. The molecule has 92 valence electrons. The van der Waals surface area contributed by atoms with Crippen LogP contribution in [0.3, 0.4) is 0 Å². The van der Waals surface area contributed by atoms with E-state index in [4.69, 9.17) is 17.0 Å². The van der Waals surface area contributed by atoms with Gasteiger partial charge in [0.1, 0.15) is 0 Å². The van der Waals surface area contributed by atoms with Gasteiger partial charge in [0.2, 0.25) is 5.96 Å². The van der Waals surface area contributed by atoms with Crippen LogP contribution in [0.1, 0.15) is 17.3 Å². The number of hydrazine groups is 1. The fraction of sp³-hybridized carbons (Fsp3) is 0.111. The second-order valence-electron chi connectivity index (χ2n) is 3.27. The molecule has 0 spiro atoms. The molecule has 1 aromatic rings. The second kappa shape index (κ2) is 4.52. The first-order valence-electron chi connectivity index (χ1n) is 4.52. The van der Waals surface area contributed by atoms with E-state index in [1.807, 2.05) is 0 Å². The van der Waals surface area contributed by atoms with Crippen molar-refractivity contribution in [1.82, 2.24) is 4.41 Å². The molecule has 0 aliphatic rings. The zero-order valence-electron chi connectivity index (χ0n) is 9.04. The van der Waals surface area contributed by atoms with Gasteiger partial charge in [-0.1, -0.05) is 12.1 Å². The number of carbonyl (C=O) groups excluding carboxylic acids is 1. The van der Waals surface area contributed by atoms with Crippen molar-refractivity contribution in [2.75, 3.05) is 0 Å². The number of benzene rings is 1. The number of nitrogens with zero attached hydrogens (tertiary/aromatic N) is 1. The minimum Gasteiger partial charge on any atom is -0.368 e. The molecule has 0 aromatic heterocycles. The summed E-state index contributed by atoms with van der Waals surface area (Å²) >= 11 is 0. The van der Waals surface area contributed by atoms with E-state index >= 15 is 0 Å². The largest absolute Gasteiger partial charge is 0.368 e. The summed E-state index contributed by atoms with van der Waals surface area (Å²) in [7, 11) is -4.03. The van der Waals surface area contributed by atoms with Crippen LogP contribution in [0.25, 0.3) is 0 Å². The van der Waals surface area contributed by atoms with Crippen molar-refractivity contribution in [1.29, 1.82) is 5.41 Å². The first kappa shape index (κ1) is 13.1. The quantitative estimate of drug-likeness (QED) is 0.223. The van der Waals surface area contributed by atoms with Crippen LogP contribution in [0, 0.1) is 5.41 Å². The molecule has 0 aliphatic heterocycles. The number of ketones is 1. The van der Waals surface area contributed by atoms with Gasteiger partial charge in [0.25, 0.3) is 10.0 Å². The van der Waals surface area contributed by atoms with Crippen LogP contribution in [0.5, 0.6) is 0 Å². The van der Waals surface area contributed by atoms with Gasteiger partial charge in [-0.3, -0.25) is 10.2 Å². The summed E-state index contributed by atoms with van der Waals surface area (Å²) in [5.74, 6) is 4.19. The van der Waals surface area contributed by atoms with E-state index < -0.39 is 16.0 Å². The standard InChI is InChI=1S/C9H12N4O3S/c1-6(14)7-2-4-8(5-3-7)17(15,16)13(12)9(10)11/h2-5H,12H2,1H3,(H3,10,11). The summed E-state index contributed by atoms with van der Waals surface area (Å²) in [6, 6.07) is 5.19. The van der Waals surface area contributed by atoms with Gasteiger partial charge in [0.15, 0.2) is 5.78 Å². The second-order valence-corrected chi connectivity index (χ2v) is 5.08. The lowest BCUT2D eigenvalue weighted by atomic mass is 10.2. The summed E-state index contributed by atoms with van der Waals surface area (Å²) < 4.78 is 23.7. The molecule has 0 fully saturated rings. The number of sulfonamides is 1. The van der Waals surface area contributed by atoms with Crippen LogP contribution < -0.4 is 11.6 Å². The van der Waals surface area contributed by atoms with Gasteiger partial charge in [-0.05, 0) is 19.1 Å². The van der Waals surface area contributed by atoms with Crippen LogP contribution in [-0.2, 0) is 10.0 Å². The molecule has 1 rings (SSSR count). The van der Waals surface area contributed by atoms with E-state index in [9.17, 15) is 13.2 Å². The van der Waals surface area contributed by atoms with Gasteiger partial charge in [-0.25, -0.2) is 5.84 Å². The Morgan fingerprint density at radius 3 is 2.12 bits per heavy atom. The maximum absolute atomic E-state index is 11.7. The fourth-order valence-electron chi connectivity index (χ4n) is 1.10. The van der Waals surface area contributed by atoms with Crippen LogP contribution in [0.4, 0.5) is 0 Å². The number of hydrogen-bond acceptors (Lipinski definition) is 5. The summed E-state index contributed by atoms with van der Waals surface area (Å²) in [6.45, 7) is 1.37. The first-order valence-corrected chi connectivity index (χ1v) is 5.96. The Labute approximate surface area is 98.5 Å². The predicted octanol–water partition coefficient (Wildman–Crippen LogP) is -0.353. The Morgan fingerprint density at radius 1 is 1.29 bits per heavy atom. The molecule has 0 saturated carbocycles. The Hall–Kier alpha value is -1.93. The number of hydrogen-bond donors (Lipinski definition) is 3. The Morgan fingerprint density at radius 2 is 1.76 bits per heavy atom. The average molecular weight is 256 g/mol. The molecular weight excluding hydrogens is 244 g/mol. The number of carbonyl (C=O) groups is 1. The number of nitrogens with two attached hydrogens (primary N) is 2. The predicted molar refractivity (Wildman–Crippen MR) is 61.6 cm³/mol. The van der Waals surface area contributed by atoms with E-state index in [0.717, 1.165) is 0 Å². The van der Waals surface area contributed by atoms with E-state index in [-0.39, 0.29) is 15.1 Å². The van der Waals surface area contributed by atoms with Crippen molar-refractivity contribution in [3.8, 4) is 0 Å². The molecule has 1 aromatic carbocycles. The highest BCUT2D eigenvalue weighted by atomic mass is 32.2. The summed E-state index contributed by atoms with van der Waals surface area (Å²) in [6.07, 6.45) is 0. The monoisotopic (exact) mass is 256 g/mol. The average Bonchev–Trinajstić information content (AvgIpc) is 2.27. The van der Waals surface area contributed by atoms with Crippen molar-refractivity contribution in [3.63, 3.8) is 0 Å².